The van der Waals surface area contributed by atoms with Crippen molar-refractivity contribution in [1.29, 1.82) is 0 Å². The fourth-order valence-corrected chi connectivity index (χ4v) is 2.62. The number of rotatable bonds is 4. The number of carboxylic acids is 1. The van der Waals surface area contributed by atoms with E-state index in [0.717, 1.165) is 6.54 Å². The van der Waals surface area contributed by atoms with Crippen molar-refractivity contribution in [2.75, 3.05) is 24.2 Å². The standard InChI is InChI=1S/C13H19N3O2/c1-16(8-9-4-2-3-5-9)12-11(14)10(13(17)18)6-7-15-12/h6-7,9H,2-5,8,14H2,1H3,(H,17,18). The van der Waals surface area contributed by atoms with E-state index in [9.17, 15) is 4.79 Å². The number of hydrogen-bond acceptors (Lipinski definition) is 4. The third-order valence-corrected chi connectivity index (χ3v) is 3.57. The number of carboxylic acid groups (broad SMARTS) is 1. The van der Waals surface area contributed by atoms with Gasteiger partial charge in [0.25, 0.3) is 0 Å². The van der Waals surface area contributed by atoms with Gasteiger partial charge in [-0.2, -0.15) is 0 Å². The van der Waals surface area contributed by atoms with E-state index in [-0.39, 0.29) is 11.3 Å². The Morgan fingerprint density at radius 1 is 1.56 bits per heavy atom. The molecule has 5 heteroatoms. The van der Waals surface area contributed by atoms with E-state index in [1.807, 2.05) is 11.9 Å². The van der Waals surface area contributed by atoms with Crippen LogP contribution in [0, 0.1) is 5.92 Å². The summed E-state index contributed by atoms with van der Waals surface area (Å²) in [5.74, 6) is 0.233. The summed E-state index contributed by atoms with van der Waals surface area (Å²) >= 11 is 0. The van der Waals surface area contributed by atoms with Crippen LogP contribution in [0.4, 0.5) is 11.5 Å². The molecule has 0 bridgehead atoms. The highest BCUT2D eigenvalue weighted by molar-refractivity contribution is 5.96. The van der Waals surface area contributed by atoms with Crippen LogP contribution in [0.2, 0.25) is 0 Å². The Hall–Kier alpha value is -1.78. The van der Waals surface area contributed by atoms with Crippen molar-refractivity contribution >= 4 is 17.5 Å². The number of carbonyl (C=O) groups is 1. The van der Waals surface area contributed by atoms with Gasteiger partial charge < -0.3 is 15.7 Å². The van der Waals surface area contributed by atoms with E-state index in [4.69, 9.17) is 10.8 Å². The van der Waals surface area contributed by atoms with Crippen molar-refractivity contribution in [3.05, 3.63) is 17.8 Å². The van der Waals surface area contributed by atoms with E-state index in [1.54, 1.807) is 0 Å². The van der Waals surface area contributed by atoms with Gasteiger partial charge in [-0.3, -0.25) is 0 Å². The minimum absolute atomic E-state index is 0.123. The van der Waals surface area contributed by atoms with Gasteiger partial charge in [-0.25, -0.2) is 9.78 Å². The fraction of sp³-hybridized carbons (Fsp3) is 0.538. The highest BCUT2D eigenvalue weighted by atomic mass is 16.4. The van der Waals surface area contributed by atoms with E-state index < -0.39 is 5.97 Å². The lowest BCUT2D eigenvalue weighted by atomic mass is 10.1. The summed E-state index contributed by atoms with van der Waals surface area (Å²) in [4.78, 5) is 17.2. The van der Waals surface area contributed by atoms with E-state index >= 15 is 0 Å². The molecule has 0 unspecified atom stereocenters. The molecule has 0 spiro atoms. The second-order valence-corrected chi connectivity index (χ2v) is 4.93. The largest absolute Gasteiger partial charge is 0.478 e. The minimum atomic E-state index is -1.01. The van der Waals surface area contributed by atoms with Crippen molar-refractivity contribution in [2.24, 2.45) is 5.92 Å². The fourth-order valence-electron chi connectivity index (χ4n) is 2.62. The van der Waals surface area contributed by atoms with Crippen LogP contribution in [0.25, 0.3) is 0 Å². The molecule has 5 nitrogen and oxygen atoms in total. The molecule has 2 rings (SSSR count). The highest BCUT2D eigenvalue weighted by Crippen LogP contribution is 2.29. The third-order valence-electron chi connectivity index (χ3n) is 3.57. The zero-order valence-electron chi connectivity index (χ0n) is 10.6. The molecule has 0 atom stereocenters. The van der Waals surface area contributed by atoms with Gasteiger partial charge in [-0.05, 0) is 24.8 Å². The predicted molar refractivity (Wildman–Crippen MR) is 70.8 cm³/mol. The van der Waals surface area contributed by atoms with Gasteiger partial charge in [0.1, 0.15) is 0 Å². The lowest BCUT2D eigenvalue weighted by Crippen LogP contribution is -2.26. The van der Waals surface area contributed by atoms with Crippen molar-refractivity contribution in [3.63, 3.8) is 0 Å². The number of aromatic carboxylic acids is 1. The molecular formula is C13H19N3O2. The molecule has 1 fully saturated rings. The quantitative estimate of drug-likeness (QED) is 0.853. The molecule has 1 aromatic rings. The monoisotopic (exact) mass is 249 g/mol. The van der Waals surface area contributed by atoms with Crippen molar-refractivity contribution in [1.82, 2.24) is 4.98 Å². The van der Waals surface area contributed by atoms with Crippen LogP contribution in [0.15, 0.2) is 12.3 Å². The van der Waals surface area contributed by atoms with Gasteiger partial charge in [0, 0.05) is 19.8 Å². The SMILES string of the molecule is CN(CC1CCCC1)c1nccc(C(=O)O)c1N. The third kappa shape index (κ3) is 2.55. The van der Waals surface area contributed by atoms with Gasteiger partial charge in [-0.1, -0.05) is 12.8 Å². The molecule has 0 aliphatic heterocycles. The van der Waals surface area contributed by atoms with Crippen LogP contribution in [0.3, 0.4) is 0 Å². The summed E-state index contributed by atoms with van der Waals surface area (Å²) in [5, 5.41) is 9.03. The number of pyridine rings is 1. The van der Waals surface area contributed by atoms with Crippen molar-refractivity contribution < 1.29 is 9.90 Å². The maximum Gasteiger partial charge on any atom is 0.337 e. The lowest BCUT2D eigenvalue weighted by Gasteiger charge is -2.23. The molecule has 18 heavy (non-hydrogen) atoms. The summed E-state index contributed by atoms with van der Waals surface area (Å²) in [6.07, 6.45) is 6.55. The molecule has 1 aliphatic carbocycles. The molecule has 0 radical (unpaired) electrons. The molecule has 0 saturated heterocycles. The number of nitrogens with zero attached hydrogens (tertiary/aromatic N) is 2. The van der Waals surface area contributed by atoms with Crippen LogP contribution in [0.1, 0.15) is 36.0 Å². The van der Waals surface area contributed by atoms with Crippen LogP contribution in [-0.4, -0.2) is 29.7 Å². The maximum atomic E-state index is 11.0. The van der Waals surface area contributed by atoms with Crippen LogP contribution < -0.4 is 10.6 Å². The summed E-state index contributed by atoms with van der Waals surface area (Å²) in [6, 6.07) is 1.44. The number of hydrogen-bond donors (Lipinski definition) is 2. The van der Waals surface area contributed by atoms with Gasteiger partial charge in [-0.15, -0.1) is 0 Å². The zero-order valence-corrected chi connectivity index (χ0v) is 10.6. The molecule has 0 aromatic carbocycles. The Morgan fingerprint density at radius 2 is 2.22 bits per heavy atom. The van der Waals surface area contributed by atoms with Gasteiger partial charge >= 0.3 is 5.97 Å². The predicted octanol–water partition coefficient (Wildman–Crippen LogP) is 1.99. The van der Waals surface area contributed by atoms with Gasteiger partial charge in [0.15, 0.2) is 5.82 Å². The molecule has 3 N–H and O–H groups in total. The number of anilines is 2. The summed E-state index contributed by atoms with van der Waals surface area (Å²) in [7, 11) is 1.92. The van der Waals surface area contributed by atoms with Gasteiger partial charge in [0.2, 0.25) is 0 Å². The zero-order chi connectivity index (χ0) is 13.1. The average molecular weight is 249 g/mol. The lowest BCUT2D eigenvalue weighted by molar-refractivity contribution is 0.0698. The van der Waals surface area contributed by atoms with E-state index in [0.29, 0.717) is 11.7 Å². The molecule has 98 valence electrons. The van der Waals surface area contributed by atoms with E-state index in [1.165, 1.54) is 37.9 Å². The Kier molecular flexibility index (Phi) is 3.69. The number of aromatic nitrogens is 1. The van der Waals surface area contributed by atoms with Crippen LogP contribution in [0.5, 0.6) is 0 Å². The summed E-state index contributed by atoms with van der Waals surface area (Å²) in [5.41, 5.74) is 6.25. The van der Waals surface area contributed by atoms with E-state index in [2.05, 4.69) is 4.98 Å². The molecule has 1 aliphatic rings. The molecule has 1 saturated carbocycles. The van der Waals surface area contributed by atoms with Crippen molar-refractivity contribution in [2.45, 2.75) is 25.7 Å². The average Bonchev–Trinajstić information content (AvgIpc) is 2.81. The van der Waals surface area contributed by atoms with Crippen LogP contribution in [-0.2, 0) is 0 Å². The Balaban J connectivity index is 2.16. The topological polar surface area (TPSA) is 79.5 Å². The molecule has 1 aromatic heterocycles. The first-order valence-electron chi connectivity index (χ1n) is 6.28. The first kappa shape index (κ1) is 12.7. The maximum absolute atomic E-state index is 11.0. The summed E-state index contributed by atoms with van der Waals surface area (Å²) in [6.45, 7) is 0.889. The first-order chi connectivity index (χ1) is 8.59. The molecule has 0 amide bonds. The number of nitrogens with two attached hydrogens (primary N) is 1. The molecular weight excluding hydrogens is 230 g/mol. The minimum Gasteiger partial charge on any atom is -0.478 e. The Bertz CT molecular complexity index is 442. The smallest absolute Gasteiger partial charge is 0.337 e. The molecule has 1 heterocycles. The highest BCUT2D eigenvalue weighted by Gasteiger charge is 2.20. The van der Waals surface area contributed by atoms with Gasteiger partial charge in [0.05, 0.1) is 11.3 Å². The Morgan fingerprint density at radius 3 is 2.83 bits per heavy atom. The Labute approximate surface area is 107 Å². The summed E-state index contributed by atoms with van der Waals surface area (Å²) < 4.78 is 0. The van der Waals surface area contributed by atoms with Crippen LogP contribution >= 0.6 is 0 Å². The second-order valence-electron chi connectivity index (χ2n) is 4.93. The normalized spacial score (nSPS) is 15.8. The second kappa shape index (κ2) is 5.25. The number of nitrogen functional groups attached to an aromatic ring is 1. The van der Waals surface area contributed by atoms with Crippen molar-refractivity contribution in [3.8, 4) is 0 Å². The first-order valence-corrected chi connectivity index (χ1v) is 6.28.